The lowest BCUT2D eigenvalue weighted by Gasteiger charge is -2.18. The van der Waals surface area contributed by atoms with E-state index in [1.165, 1.54) is 0 Å². The Morgan fingerprint density at radius 2 is 2.05 bits per heavy atom. The molecule has 0 saturated carbocycles. The summed E-state index contributed by atoms with van der Waals surface area (Å²) in [5.41, 5.74) is 2.03. The lowest BCUT2D eigenvalue weighted by molar-refractivity contribution is -0.385. The molecule has 0 saturated heterocycles. The van der Waals surface area contributed by atoms with Crippen molar-refractivity contribution in [3.63, 3.8) is 0 Å². The summed E-state index contributed by atoms with van der Waals surface area (Å²) in [5, 5.41) is 14.4. The van der Waals surface area contributed by atoms with Gasteiger partial charge in [0.1, 0.15) is 0 Å². The second-order valence-electron chi connectivity index (χ2n) is 4.60. The van der Waals surface area contributed by atoms with Gasteiger partial charge in [-0.05, 0) is 59.8 Å². The van der Waals surface area contributed by atoms with Crippen LogP contribution in [0.3, 0.4) is 0 Å². The average molecular weight is 461 g/mol. The van der Waals surface area contributed by atoms with Crippen molar-refractivity contribution in [3.05, 3.63) is 71.7 Å². The van der Waals surface area contributed by atoms with E-state index in [1.54, 1.807) is 12.1 Å². The zero-order chi connectivity index (χ0) is 15.4. The maximum absolute atomic E-state index is 11.1. The molecule has 1 N–H and O–H groups in total. The third-order valence-corrected chi connectivity index (χ3v) is 4.77. The highest BCUT2D eigenvalue weighted by molar-refractivity contribution is 14.1. The summed E-state index contributed by atoms with van der Waals surface area (Å²) in [6.07, 6.45) is 0.570. The van der Waals surface area contributed by atoms with Gasteiger partial charge in [-0.1, -0.05) is 34.1 Å². The summed E-state index contributed by atoms with van der Waals surface area (Å²) in [5.74, 6) is 0. The van der Waals surface area contributed by atoms with E-state index in [1.807, 2.05) is 31.3 Å². The van der Waals surface area contributed by atoms with Gasteiger partial charge in [0.25, 0.3) is 5.69 Å². The molecule has 2 aromatic rings. The number of nitro benzene ring substituents is 1. The lowest BCUT2D eigenvalue weighted by atomic mass is 9.98. The maximum atomic E-state index is 11.1. The molecule has 0 spiro atoms. The van der Waals surface area contributed by atoms with Crippen LogP contribution in [-0.4, -0.2) is 12.0 Å². The molecule has 0 bridgehead atoms. The first-order valence-electron chi connectivity index (χ1n) is 6.37. The molecular formula is C15H14BrIN2O2. The zero-order valence-corrected chi connectivity index (χ0v) is 15.1. The minimum atomic E-state index is -0.325. The summed E-state index contributed by atoms with van der Waals surface area (Å²) < 4.78 is 2.13. The number of hydrogen-bond acceptors (Lipinski definition) is 3. The quantitative estimate of drug-likeness (QED) is 0.407. The predicted octanol–water partition coefficient (Wildman–Crippen LogP) is 4.47. The van der Waals surface area contributed by atoms with E-state index in [-0.39, 0.29) is 16.7 Å². The molecule has 2 rings (SSSR count). The summed E-state index contributed by atoms with van der Waals surface area (Å²) in [4.78, 5) is 10.8. The fraction of sp³-hybridized carbons (Fsp3) is 0.200. The van der Waals surface area contributed by atoms with E-state index >= 15 is 0 Å². The topological polar surface area (TPSA) is 55.2 Å². The van der Waals surface area contributed by atoms with Gasteiger partial charge < -0.3 is 5.32 Å². The van der Waals surface area contributed by atoms with Crippen LogP contribution in [0.15, 0.2) is 46.9 Å². The predicted molar refractivity (Wildman–Crippen MR) is 95.5 cm³/mol. The highest BCUT2D eigenvalue weighted by Crippen LogP contribution is 2.29. The standard InChI is InChI=1S/C15H14BrIN2O2/c1-18-14(12-9-11(16)6-7-13(12)17)8-10-4-2-3-5-15(10)19(20)21/h2-7,9,14,18H,8H2,1H3. The Morgan fingerprint density at radius 3 is 2.71 bits per heavy atom. The fourth-order valence-corrected chi connectivity index (χ4v) is 3.32. The Labute approximate surface area is 145 Å². The first-order valence-corrected chi connectivity index (χ1v) is 8.24. The molecule has 0 aromatic heterocycles. The number of nitro groups is 1. The van der Waals surface area contributed by atoms with E-state index in [2.05, 4.69) is 49.9 Å². The van der Waals surface area contributed by atoms with Gasteiger partial charge in [-0.25, -0.2) is 0 Å². The minimum absolute atomic E-state index is 0.0236. The molecule has 1 atom stereocenters. The largest absolute Gasteiger partial charge is 0.313 e. The van der Waals surface area contributed by atoms with Crippen molar-refractivity contribution in [2.75, 3.05) is 7.05 Å². The summed E-state index contributed by atoms with van der Waals surface area (Å²) in [6, 6.07) is 13.0. The smallest absolute Gasteiger partial charge is 0.272 e. The normalized spacial score (nSPS) is 12.1. The average Bonchev–Trinajstić information content (AvgIpc) is 2.47. The number of rotatable bonds is 5. The number of likely N-dealkylation sites (N-methyl/N-ethyl adjacent to an activating group) is 1. The molecule has 2 aromatic carbocycles. The molecule has 0 radical (unpaired) electrons. The summed E-state index contributed by atoms with van der Waals surface area (Å²) in [7, 11) is 1.87. The van der Waals surface area contributed by atoms with E-state index < -0.39 is 0 Å². The fourth-order valence-electron chi connectivity index (χ4n) is 2.23. The van der Waals surface area contributed by atoms with Crippen LogP contribution in [0, 0.1) is 13.7 Å². The number of halogens is 2. The third kappa shape index (κ3) is 4.02. The second kappa shape index (κ2) is 7.33. The molecule has 0 fully saturated rings. The van der Waals surface area contributed by atoms with Gasteiger partial charge in [0.15, 0.2) is 0 Å². The molecular weight excluding hydrogens is 447 g/mol. The molecule has 0 amide bonds. The van der Waals surface area contributed by atoms with E-state index in [0.717, 1.165) is 19.2 Å². The summed E-state index contributed by atoms with van der Waals surface area (Å²) in [6.45, 7) is 0. The van der Waals surface area contributed by atoms with Crippen LogP contribution in [0.5, 0.6) is 0 Å². The molecule has 6 heteroatoms. The monoisotopic (exact) mass is 460 g/mol. The van der Waals surface area contributed by atoms with Crippen molar-refractivity contribution in [3.8, 4) is 0 Å². The Hall–Kier alpha value is -0.990. The third-order valence-electron chi connectivity index (χ3n) is 3.29. The van der Waals surface area contributed by atoms with Crippen LogP contribution in [0.1, 0.15) is 17.2 Å². The van der Waals surface area contributed by atoms with Gasteiger partial charge >= 0.3 is 0 Å². The van der Waals surface area contributed by atoms with Gasteiger partial charge in [0.2, 0.25) is 0 Å². The van der Waals surface area contributed by atoms with Gasteiger partial charge in [0, 0.05) is 25.7 Å². The molecule has 0 aliphatic carbocycles. The Balaban J connectivity index is 2.36. The van der Waals surface area contributed by atoms with Crippen molar-refractivity contribution in [1.29, 1.82) is 0 Å². The molecule has 1 unspecified atom stereocenters. The van der Waals surface area contributed by atoms with Crippen molar-refractivity contribution in [2.45, 2.75) is 12.5 Å². The van der Waals surface area contributed by atoms with Crippen LogP contribution < -0.4 is 5.32 Å². The van der Waals surface area contributed by atoms with Gasteiger partial charge in [-0.2, -0.15) is 0 Å². The highest BCUT2D eigenvalue weighted by Gasteiger charge is 2.19. The Kier molecular flexibility index (Phi) is 5.72. The van der Waals surface area contributed by atoms with Crippen molar-refractivity contribution >= 4 is 44.2 Å². The second-order valence-corrected chi connectivity index (χ2v) is 6.67. The first-order chi connectivity index (χ1) is 10.0. The van der Waals surface area contributed by atoms with Crippen molar-refractivity contribution in [2.24, 2.45) is 0 Å². The van der Waals surface area contributed by atoms with Gasteiger partial charge in [-0.15, -0.1) is 0 Å². The van der Waals surface area contributed by atoms with Crippen LogP contribution in [0.25, 0.3) is 0 Å². The molecule has 4 nitrogen and oxygen atoms in total. The highest BCUT2D eigenvalue weighted by atomic mass is 127. The number of nitrogens with zero attached hydrogens (tertiary/aromatic N) is 1. The Bertz CT molecular complexity index is 664. The van der Waals surface area contributed by atoms with Crippen LogP contribution in [0.4, 0.5) is 5.69 Å². The van der Waals surface area contributed by atoms with Crippen LogP contribution >= 0.6 is 38.5 Å². The molecule has 0 aliphatic rings. The SMILES string of the molecule is CNC(Cc1ccccc1[N+](=O)[O-])c1cc(Br)ccc1I. The molecule has 0 aliphatic heterocycles. The van der Waals surface area contributed by atoms with Gasteiger partial charge in [-0.3, -0.25) is 10.1 Å². The molecule has 0 heterocycles. The minimum Gasteiger partial charge on any atom is -0.313 e. The van der Waals surface area contributed by atoms with E-state index in [4.69, 9.17) is 0 Å². The Morgan fingerprint density at radius 1 is 1.33 bits per heavy atom. The molecule has 21 heavy (non-hydrogen) atoms. The number of hydrogen-bond donors (Lipinski definition) is 1. The first kappa shape index (κ1) is 16.4. The number of benzene rings is 2. The van der Waals surface area contributed by atoms with Crippen LogP contribution in [-0.2, 0) is 6.42 Å². The van der Waals surface area contributed by atoms with Gasteiger partial charge in [0.05, 0.1) is 4.92 Å². The molecule has 110 valence electrons. The van der Waals surface area contributed by atoms with Crippen molar-refractivity contribution in [1.82, 2.24) is 5.32 Å². The van der Waals surface area contributed by atoms with E-state index in [9.17, 15) is 10.1 Å². The zero-order valence-electron chi connectivity index (χ0n) is 11.3. The summed E-state index contributed by atoms with van der Waals surface area (Å²) >= 11 is 5.76. The lowest BCUT2D eigenvalue weighted by Crippen LogP contribution is -2.20. The number of para-hydroxylation sites is 1. The number of nitrogens with one attached hydrogen (secondary N) is 1. The van der Waals surface area contributed by atoms with Crippen LogP contribution in [0.2, 0.25) is 0 Å². The maximum Gasteiger partial charge on any atom is 0.272 e. The van der Waals surface area contributed by atoms with E-state index in [0.29, 0.717) is 6.42 Å². The van der Waals surface area contributed by atoms with Crippen molar-refractivity contribution < 1.29 is 4.92 Å².